The number of hydrogen-bond donors (Lipinski definition) is 0. The molecule has 0 saturated heterocycles. The van der Waals surface area contributed by atoms with Crippen LogP contribution in [0.15, 0.2) is 0 Å². The van der Waals surface area contributed by atoms with Crippen molar-refractivity contribution in [3.8, 4) is 0 Å². The van der Waals surface area contributed by atoms with E-state index in [1.54, 1.807) is 0 Å². The van der Waals surface area contributed by atoms with Crippen molar-refractivity contribution < 1.29 is 9.59 Å². The Morgan fingerprint density at radius 2 is 1.82 bits per heavy atom. The van der Waals surface area contributed by atoms with Gasteiger partial charge in [-0.05, 0) is 6.42 Å². The molecule has 1 saturated carbocycles. The molecule has 0 bridgehead atoms. The van der Waals surface area contributed by atoms with Crippen LogP contribution in [0.3, 0.4) is 0 Å². The summed E-state index contributed by atoms with van der Waals surface area (Å²) in [6.45, 7) is 3.76. The molecule has 11 heavy (non-hydrogen) atoms. The third-order valence-electron chi connectivity index (χ3n) is 2.36. The highest BCUT2D eigenvalue weighted by atomic mass is 16.1. The van der Waals surface area contributed by atoms with Gasteiger partial charge in [-0.25, -0.2) is 0 Å². The molecule has 0 spiro atoms. The van der Waals surface area contributed by atoms with Crippen molar-refractivity contribution in [1.82, 2.24) is 0 Å². The highest BCUT2D eigenvalue weighted by Crippen LogP contribution is 2.21. The lowest BCUT2D eigenvalue weighted by Gasteiger charge is -2.08. The van der Waals surface area contributed by atoms with E-state index in [2.05, 4.69) is 0 Å². The number of rotatable bonds is 0. The van der Waals surface area contributed by atoms with Crippen molar-refractivity contribution >= 4 is 11.6 Å². The minimum Gasteiger partial charge on any atom is -0.300 e. The molecule has 0 heterocycles. The van der Waals surface area contributed by atoms with Crippen LogP contribution in [0, 0.1) is 11.8 Å². The summed E-state index contributed by atoms with van der Waals surface area (Å²) < 4.78 is 0. The van der Waals surface area contributed by atoms with Crippen LogP contribution < -0.4 is 0 Å². The third kappa shape index (κ3) is 1.88. The first-order valence-electron chi connectivity index (χ1n) is 4.16. The fourth-order valence-electron chi connectivity index (χ4n) is 1.55. The van der Waals surface area contributed by atoms with Crippen LogP contribution in [0.2, 0.25) is 0 Å². The Morgan fingerprint density at radius 3 is 2.45 bits per heavy atom. The topological polar surface area (TPSA) is 34.1 Å². The van der Waals surface area contributed by atoms with Crippen LogP contribution in [0.1, 0.15) is 33.1 Å². The number of ketones is 2. The van der Waals surface area contributed by atoms with E-state index >= 15 is 0 Å². The Hall–Kier alpha value is -0.660. The Morgan fingerprint density at radius 1 is 1.18 bits per heavy atom. The molecule has 0 aliphatic heterocycles. The van der Waals surface area contributed by atoms with Crippen molar-refractivity contribution in [2.45, 2.75) is 33.1 Å². The molecule has 0 amide bonds. The van der Waals surface area contributed by atoms with Gasteiger partial charge in [0.25, 0.3) is 0 Å². The zero-order valence-electron chi connectivity index (χ0n) is 7.09. The van der Waals surface area contributed by atoms with Gasteiger partial charge in [0, 0.05) is 24.7 Å². The summed E-state index contributed by atoms with van der Waals surface area (Å²) in [6.07, 6.45) is 1.81. The summed E-state index contributed by atoms with van der Waals surface area (Å²) in [4.78, 5) is 22.4. The van der Waals surface area contributed by atoms with Gasteiger partial charge in [-0.15, -0.1) is 0 Å². The zero-order chi connectivity index (χ0) is 8.43. The van der Waals surface area contributed by atoms with Gasteiger partial charge in [0.2, 0.25) is 0 Å². The normalized spacial score (nSPS) is 33.6. The molecule has 2 heteroatoms. The van der Waals surface area contributed by atoms with Gasteiger partial charge >= 0.3 is 0 Å². The van der Waals surface area contributed by atoms with Crippen molar-refractivity contribution in [1.29, 1.82) is 0 Å². The van der Waals surface area contributed by atoms with Crippen LogP contribution in [0.4, 0.5) is 0 Å². The van der Waals surface area contributed by atoms with Gasteiger partial charge < -0.3 is 0 Å². The number of carbonyl (C=O) groups is 2. The van der Waals surface area contributed by atoms with Gasteiger partial charge in [-0.1, -0.05) is 13.8 Å². The van der Waals surface area contributed by atoms with Crippen LogP contribution in [0.5, 0.6) is 0 Å². The van der Waals surface area contributed by atoms with Gasteiger partial charge in [-0.3, -0.25) is 9.59 Å². The monoisotopic (exact) mass is 154 g/mol. The first kappa shape index (κ1) is 8.44. The van der Waals surface area contributed by atoms with Gasteiger partial charge in [-0.2, -0.15) is 0 Å². The van der Waals surface area contributed by atoms with E-state index < -0.39 is 0 Å². The Kier molecular flexibility index (Phi) is 2.42. The lowest BCUT2D eigenvalue weighted by atomic mass is 9.94. The average Bonchev–Trinajstić information content (AvgIpc) is 2.05. The summed E-state index contributed by atoms with van der Waals surface area (Å²) in [6, 6.07) is 0. The zero-order valence-corrected chi connectivity index (χ0v) is 7.09. The second-order valence-corrected chi connectivity index (χ2v) is 3.49. The Labute approximate surface area is 67.0 Å². The quantitative estimate of drug-likeness (QED) is 0.496. The van der Waals surface area contributed by atoms with Gasteiger partial charge in [0.05, 0.1) is 0 Å². The predicted molar refractivity (Wildman–Crippen MR) is 42.2 cm³/mol. The molecule has 0 aromatic heterocycles. The fourth-order valence-corrected chi connectivity index (χ4v) is 1.55. The second-order valence-electron chi connectivity index (χ2n) is 3.49. The summed E-state index contributed by atoms with van der Waals surface area (Å²) in [7, 11) is 0. The average molecular weight is 154 g/mol. The molecular weight excluding hydrogens is 140 g/mol. The smallest absolute Gasteiger partial charge is 0.138 e. The maximum Gasteiger partial charge on any atom is 0.138 e. The minimum atomic E-state index is -0.0417. The summed E-state index contributed by atoms with van der Waals surface area (Å²) in [5.74, 6) is 0.558. The van der Waals surface area contributed by atoms with Crippen LogP contribution in [-0.2, 0) is 9.59 Å². The maximum atomic E-state index is 11.3. The van der Waals surface area contributed by atoms with Crippen LogP contribution in [0.25, 0.3) is 0 Å². The van der Waals surface area contributed by atoms with E-state index in [1.165, 1.54) is 0 Å². The molecule has 0 aromatic carbocycles. The first-order chi connectivity index (χ1) is 5.11. The molecule has 1 aliphatic rings. The largest absolute Gasteiger partial charge is 0.300 e. The maximum absolute atomic E-state index is 11.3. The SMILES string of the molecule is CC1CCC(=O)CC(C)C1=O. The fraction of sp³-hybridized carbons (Fsp3) is 0.778. The van der Waals surface area contributed by atoms with Crippen molar-refractivity contribution in [2.24, 2.45) is 11.8 Å². The molecule has 0 N–H and O–H groups in total. The molecule has 1 fully saturated rings. The Balaban J connectivity index is 2.68. The van der Waals surface area contributed by atoms with Crippen LogP contribution in [-0.4, -0.2) is 11.6 Å². The number of Topliss-reactive ketones (excluding diaryl/α,β-unsaturated/α-hetero) is 2. The lowest BCUT2D eigenvalue weighted by Crippen LogP contribution is -2.17. The summed E-state index contributed by atoms with van der Waals surface area (Å²) in [5.41, 5.74) is 0. The molecule has 1 aliphatic carbocycles. The van der Waals surface area contributed by atoms with Crippen molar-refractivity contribution in [2.75, 3.05) is 0 Å². The van der Waals surface area contributed by atoms with E-state index in [-0.39, 0.29) is 23.4 Å². The third-order valence-corrected chi connectivity index (χ3v) is 2.36. The van der Waals surface area contributed by atoms with E-state index in [0.717, 1.165) is 6.42 Å². The van der Waals surface area contributed by atoms with E-state index in [4.69, 9.17) is 0 Å². The van der Waals surface area contributed by atoms with Crippen LogP contribution >= 0.6 is 0 Å². The second kappa shape index (κ2) is 3.16. The standard InChI is InChI=1S/C9H14O2/c1-6-3-4-8(10)5-7(2)9(6)11/h6-7H,3-5H2,1-2H3. The molecule has 2 nitrogen and oxygen atoms in total. The Bertz CT molecular complexity index is 184. The summed E-state index contributed by atoms with van der Waals surface area (Å²) >= 11 is 0. The van der Waals surface area contributed by atoms with E-state index in [9.17, 15) is 9.59 Å². The number of hydrogen-bond acceptors (Lipinski definition) is 2. The molecule has 1 rings (SSSR count). The predicted octanol–water partition coefficient (Wildman–Crippen LogP) is 1.58. The highest BCUT2D eigenvalue weighted by molar-refractivity contribution is 5.91. The molecule has 2 atom stereocenters. The molecular formula is C9H14O2. The van der Waals surface area contributed by atoms with Crippen molar-refractivity contribution in [3.63, 3.8) is 0 Å². The highest BCUT2D eigenvalue weighted by Gasteiger charge is 2.26. The van der Waals surface area contributed by atoms with Crippen molar-refractivity contribution in [3.05, 3.63) is 0 Å². The summed E-state index contributed by atoms with van der Waals surface area (Å²) in [5, 5.41) is 0. The molecule has 2 unspecified atom stereocenters. The molecule has 0 radical (unpaired) electrons. The minimum absolute atomic E-state index is 0.0417. The van der Waals surface area contributed by atoms with E-state index in [0.29, 0.717) is 12.8 Å². The number of carbonyl (C=O) groups excluding carboxylic acids is 2. The molecule has 0 aromatic rings. The first-order valence-corrected chi connectivity index (χ1v) is 4.16. The van der Waals surface area contributed by atoms with E-state index in [1.807, 2.05) is 13.8 Å². The lowest BCUT2D eigenvalue weighted by molar-refractivity contribution is -0.127. The van der Waals surface area contributed by atoms with Gasteiger partial charge in [0.15, 0.2) is 0 Å². The van der Waals surface area contributed by atoms with Gasteiger partial charge in [0.1, 0.15) is 11.6 Å². The molecule has 62 valence electrons.